The second-order valence-electron chi connectivity index (χ2n) is 5.91. The normalized spacial score (nSPS) is 11.6. The van der Waals surface area contributed by atoms with Gasteiger partial charge in [0.15, 0.2) is 12.4 Å². The van der Waals surface area contributed by atoms with E-state index in [-0.39, 0.29) is 17.0 Å². The Labute approximate surface area is 154 Å². The largest absolute Gasteiger partial charge is 0.480 e. The average Bonchev–Trinajstić information content (AvgIpc) is 2.67. The summed E-state index contributed by atoms with van der Waals surface area (Å²) in [5, 5.41) is 15.6. The molecule has 0 fully saturated rings. The van der Waals surface area contributed by atoms with Crippen LogP contribution in [-0.2, 0) is 4.79 Å². The van der Waals surface area contributed by atoms with E-state index in [1.165, 1.54) is 19.1 Å². The maximum Gasteiger partial charge on any atom is 0.270 e. The van der Waals surface area contributed by atoms with E-state index in [9.17, 15) is 19.7 Å². The zero-order valence-electron chi connectivity index (χ0n) is 14.4. The Morgan fingerprint density at radius 2 is 1.85 bits per heavy atom. The number of anilines is 1. The van der Waals surface area contributed by atoms with Crippen molar-refractivity contribution in [3.8, 4) is 5.75 Å². The number of carbonyl (C=O) groups excluding carboxylic acids is 2. The predicted molar refractivity (Wildman–Crippen MR) is 101 cm³/mol. The highest BCUT2D eigenvalue weighted by atomic mass is 16.6. The molecule has 0 aromatic heterocycles. The van der Waals surface area contributed by atoms with Crippen LogP contribution in [0.3, 0.4) is 0 Å². The Bertz CT molecular complexity index is 1030. The highest BCUT2D eigenvalue weighted by molar-refractivity contribution is 5.96. The second-order valence-corrected chi connectivity index (χ2v) is 5.91. The second kappa shape index (κ2) is 7.65. The van der Waals surface area contributed by atoms with Crippen molar-refractivity contribution in [3.05, 3.63) is 76.3 Å². The number of nitrogens with zero attached hydrogens (tertiary/aromatic N) is 1. The quantitative estimate of drug-likeness (QED) is 0.405. The predicted octanol–water partition coefficient (Wildman–Crippen LogP) is 3.97. The molecule has 3 aromatic carbocycles. The molecule has 0 aliphatic rings. The van der Waals surface area contributed by atoms with Gasteiger partial charge in [-0.25, -0.2) is 0 Å². The minimum absolute atomic E-state index is 0.00885. The van der Waals surface area contributed by atoms with E-state index in [1.54, 1.807) is 6.07 Å². The smallest absolute Gasteiger partial charge is 0.270 e. The molecule has 0 saturated carbocycles. The molecule has 0 bridgehead atoms. The number of fused-ring (bicyclic) bond motifs is 1. The maximum absolute atomic E-state index is 12.4. The van der Waals surface area contributed by atoms with Crippen LogP contribution in [0.5, 0.6) is 5.75 Å². The first-order chi connectivity index (χ1) is 13.0. The number of aldehydes is 1. The van der Waals surface area contributed by atoms with Gasteiger partial charge in [0, 0.05) is 17.8 Å². The molecule has 0 aliphatic heterocycles. The summed E-state index contributed by atoms with van der Waals surface area (Å²) in [6.07, 6.45) is -0.451. The minimum atomic E-state index is -0.906. The van der Waals surface area contributed by atoms with Crippen molar-refractivity contribution in [1.82, 2.24) is 0 Å². The fraction of sp³-hybridized carbons (Fsp3) is 0.100. The van der Waals surface area contributed by atoms with Crippen LogP contribution in [0.4, 0.5) is 11.4 Å². The van der Waals surface area contributed by atoms with Crippen LogP contribution in [0.25, 0.3) is 10.8 Å². The summed E-state index contributed by atoms with van der Waals surface area (Å²) >= 11 is 0. The third-order valence-electron chi connectivity index (χ3n) is 4.02. The lowest BCUT2D eigenvalue weighted by Crippen LogP contribution is -2.30. The number of nitro groups is 1. The molecule has 0 aliphatic carbocycles. The van der Waals surface area contributed by atoms with E-state index < -0.39 is 16.9 Å². The van der Waals surface area contributed by atoms with Crippen LogP contribution in [0, 0.1) is 10.1 Å². The Morgan fingerprint density at radius 3 is 2.56 bits per heavy atom. The van der Waals surface area contributed by atoms with Crippen LogP contribution < -0.4 is 10.1 Å². The molecular formula is C20H16N2O5. The number of hydrogen-bond donors (Lipinski definition) is 1. The molecule has 7 heteroatoms. The molecule has 0 spiro atoms. The van der Waals surface area contributed by atoms with E-state index in [2.05, 4.69) is 5.32 Å². The van der Waals surface area contributed by atoms with E-state index in [0.717, 1.165) is 16.8 Å². The molecule has 1 atom stereocenters. The highest BCUT2D eigenvalue weighted by Crippen LogP contribution is 2.24. The van der Waals surface area contributed by atoms with Crippen LogP contribution in [0.1, 0.15) is 17.3 Å². The van der Waals surface area contributed by atoms with Crippen molar-refractivity contribution in [2.45, 2.75) is 13.0 Å². The number of carbonyl (C=O) groups is 2. The maximum atomic E-state index is 12.4. The van der Waals surface area contributed by atoms with Crippen LogP contribution in [0.15, 0.2) is 60.7 Å². The Hall–Kier alpha value is -3.74. The van der Waals surface area contributed by atoms with Crippen LogP contribution in [-0.4, -0.2) is 23.2 Å². The van der Waals surface area contributed by atoms with Crippen molar-refractivity contribution in [1.29, 1.82) is 0 Å². The summed E-state index contributed by atoms with van der Waals surface area (Å²) in [6, 6.07) is 16.9. The lowest BCUT2D eigenvalue weighted by Gasteiger charge is -2.16. The number of nitro benzene ring substituents is 1. The molecule has 0 heterocycles. The molecule has 3 rings (SSSR count). The lowest BCUT2D eigenvalue weighted by atomic mass is 10.1. The number of amides is 1. The van der Waals surface area contributed by atoms with Gasteiger partial charge in [-0.15, -0.1) is 0 Å². The molecule has 0 radical (unpaired) electrons. The third kappa shape index (κ3) is 4.09. The van der Waals surface area contributed by atoms with E-state index >= 15 is 0 Å². The number of nitrogens with one attached hydrogen (secondary N) is 1. The van der Waals surface area contributed by atoms with Crippen molar-refractivity contribution in [2.24, 2.45) is 0 Å². The van der Waals surface area contributed by atoms with Gasteiger partial charge in [-0.3, -0.25) is 19.7 Å². The summed E-state index contributed by atoms with van der Waals surface area (Å²) in [5.74, 6) is -0.294. The first kappa shape index (κ1) is 18.1. The molecule has 3 aromatic rings. The van der Waals surface area contributed by atoms with E-state index in [1.807, 2.05) is 36.4 Å². The molecule has 136 valence electrons. The van der Waals surface area contributed by atoms with Gasteiger partial charge in [-0.2, -0.15) is 0 Å². The molecular weight excluding hydrogens is 348 g/mol. The van der Waals surface area contributed by atoms with Crippen molar-refractivity contribution >= 4 is 34.3 Å². The molecule has 1 N–H and O–H groups in total. The van der Waals surface area contributed by atoms with Gasteiger partial charge in [-0.1, -0.05) is 30.3 Å². The summed E-state index contributed by atoms with van der Waals surface area (Å²) in [4.78, 5) is 33.7. The number of ether oxygens (including phenoxy) is 1. The number of benzene rings is 3. The number of non-ortho nitro benzene ring substituents is 1. The van der Waals surface area contributed by atoms with Gasteiger partial charge in [0.05, 0.1) is 10.5 Å². The van der Waals surface area contributed by atoms with Gasteiger partial charge in [0.25, 0.3) is 11.6 Å². The summed E-state index contributed by atoms with van der Waals surface area (Å²) in [6.45, 7) is 1.53. The standard InChI is InChI=1S/C20H16N2O5/c1-13(27-19-9-8-18(22(25)26)11-16(19)12-23)20(24)21-17-7-6-14-4-2-3-5-15(14)10-17/h2-13H,1H3,(H,21,24)/t13-/m1/s1. The van der Waals surface area contributed by atoms with Gasteiger partial charge < -0.3 is 10.1 Å². The van der Waals surface area contributed by atoms with E-state index in [4.69, 9.17) is 4.74 Å². The van der Waals surface area contributed by atoms with Crippen molar-refractivity contribution in [2.75, 3.05) is 5.32 Å². The first-order valence-electron chi connectivity index (χ1n) is 8.18. The van der Waals surface area contributed by atoms with Crippen molar-refractivity contribution in [3.63, 3.8) is 0 Å². The lowest BCUT2D eigenvalue weighted by molar-refractivity contribution is -0.384. The van der Waals surface area contributed by atoms with Gasteiger partial charge in [0.2, 0.25) is 0 Å². The number of hydrogen-bond acceptors (Lipinski definition) is 5. The fourth-order valence-corrected chi connectivity index (χ4v) is 2.60. The average molecular weight is 364 g/mol. The molecule has 7 nitrogen and oxygen atoms in total. The molecule has 1 amide bonds. The van der Waals surface area contributed by atoms with Gasteiger partial charge >= 0.3 is 0 Å². The van der Waals surface area contributed by atoms with Gasteiger partial charge in [0.1, 0.15) is 5.75 Å². The molecule has 0 saturated heterocycles. The fourth-order valence-electron chi connectivity index (χ4n) is 2.60. The Morgan fingerprint density at radius 1 is 1.11 bits per heavy atom. The topological polar surface area (TPSA) is 98.5 Å². The Kier molecular flexibility index (Phi) is 5.12. The zero-order valence-corrected chi connectivity index (χ0v) is 14.4. The molecule has 0 unspecified atom stereocenters. The number of rotatable bonds is 6. The third-order valence-corrected chi connectivity index (χ3v) is 4.02. The zero-order chi connectivity index (χ0) is 19.4. The summed E-state index contributed by atoms with van der Waals surface area (Å²) in [7, 11) is 0. The van der Waals surface area contributed by atoms with Crippen molar-refractivity contribution < 1.29 is 19.2 Å². The summed E-state index contributed by atoms with van der Waals surface area (Å²) < 4.78 is 5.53. The highest BCUT2D eigenvalue weighted by Gasteiger charge is 2.18. The Balaban J connectivity index is 1.73. The van der Waals surface area contributed by atoms with Crippen LogP contribution in [0.2, 0.25) is 0 Å². The van der Waals surface area contributed by atoms with Gasteiger partial charge in [-0.05, 0) is 35.9 Å². The SMILES string of the molecule is C[C@@H](Oc1ccc([N+](=O)[O-])cc1C=O)C(=O)Nc1ccc2ccccc2c1. The van der Waals surface area contributed by atoms with E-state index in [0.29, 0.717) is 12.0 Å². The monoisotopic (exact) mass is 364 g/mol. The first-order valence-corrected chi connectivity index (χ1v) is 8.18. The molecule has 27 heavy (non-hydrogen) atoms. The summed E-state index contributed by atoms with van der Waals surface area (Å²) in [5.41, 5.74) is 0.403. The minimum Gasteiger partial charge on any atom is -0.480 e. The van der Waals surface area contributed by atoms with Crippen LogP contribution >= 0.6 is 0 Å².